The topological polar surface area (TPSA) is 55.4 Å². The lowest BCUT2D eigenvalue weighted by atomic mass is 9.97. The van der Waals surface area contributed by atoms with Crippen LogP contribution in [0.1, 0.15) is 95.7 Å². The number of esters is 1. The van der Waals surface area contributed by atoms with E-state index in [2.05, 4.69) is 5.32 Å². The van der Waals surface area contributed by atoms with Crippen LogP contribution in [-0.4, -0.2) is 18.0 Å². The number of amides is 1. The number of carbonyl (C=O) groups excluding carboxylic acids is 2. The lowest BCUT2D eigenvalue weighted by Crippen LogP contribution is -2.17. The predicted molar refractivity (Wildman–Crippen MR) is 144 cm³/mol. The molecule has 0 atom stereocenters. The van der Waals surface area contributed by atoms with Crippen LogP contribution in [0.2, 0.25) is 5.02 Å². The van der Waals surface area contributed by atoms with Crippen molar-refractivity contribution in [2.75, 3.05) is 5.32 Å². The lowest BCUT2D eigenvalue weighted by Gasteiger charge is -2.12. The van der Waals surface area contributed by atoms with Crippen LogP contribution in [-0.2, 0) is 17.6 Å². The van der Waals surface area contributed by atoms with Gasteiger partial charge in [0.25, 0.3) is 5.91 Å². The van der Waals surface area contributed by atoms with Crippen molar-refractivity contribution in [3.8, 4) is 0 Å². The third-order valence-electron chi connectivity index (χ3n) is 6.24. The maximum absolute atomic E-state index is 13.7. The molecule has 188 valence electrons. The van der Waals surface area contributed by atoms with Crippen LogP contribution in [0.5, 0.6) is 0 Å². The van der Waals surface area contributed by atoms with Crippen molar-refractivity contribution in [3.63, 3.8) is 0 Å². The van der Waals surface area contributed by atoms with Gasteiger partial charge in [0.2, 0.25) is 0 Å². The average molecular weight is 536 g/mol. The van der Waals surface area contributed by atoms with Gasteiger partial charge in [0.15, 0.2) is 0 Å². The molecule has 35 heavy (non-hydrogen) atoms. The van der Waals surface area contributed by atoms with Crippen molar-refractivity contribution < 1.29 is 18.7 Å². The highest BCUT2D eigenvalue weighted by atomic mass is 35.5. The quantitative estimate of drug-likeness (QED) is 0.339. The number of rotatable bonds is 4. The molecule has 1 N–H and O–H groups in total. The van der Waals surface area contributed by atoms with Gasteiger partial charge in [-0.25, -0.2) is 9.18 Å². The number of halogens is 2. The molecule has 8 heteroatoms. The van der Waals surface area contributed by atoms with Crippen LogP contribution < -0.4 is 5.32 Å². The Labute approximate surface area is 218 Å². The van der Waals surface area contributed by atoms with Crippen LogP contribution in [0.25, 0.3) is 10.1 Å². The SMILES string of the molecule is CC(C)OC(=O)c1c(NC(=O)c2sc3cc(F)ccc3c2Cl)sc2c1CCCCCCCCCC2. The Balaban J connectivity index is 1.69. The number of aryl methyl sites for hydroxylation is 1. The van der Waals surface area contributed by atoms with Gasteiger partial charge in [-0.15, -0.1) is 22.7 Å². The average Bonchev–Trinajstić information content (AvgIpc) is 3.30. The summed E-state index contributed by atoms with van der Waals surface area (Å²) in [6.45, 7) is 3.65. The van der Waals surface area contributed by atoms with Gasteiger partial charge in [-0.1, -0.05) is 50.1 Å². The Bertz CT molecular complexity index is 1220. The maximum Gasteiger partial charge on any atom is 0.341 e. The summed E-state index contributed by atoms with van der Waals surface area (Å²) in [6.07, 6.45) is 10.8. The highest BCUT2D eigenvalue weighted by Crippen LogP contribution is 2.40. The zero-order valence-electron chi connectivity index (χ0n) is 20.2. The van der Waals surface area contributed by atoms with Gasteiger partial charge in [0.1, 0.15) is 15.7 Å². The molecule has 0 unspecified atom stereocenters. The number of fused-ring (bicyclic) bond motifs is 2. The predicted octanol–water partition coefficient (Wildman–Crippen LogP) is 8.79. The molecule has 0 saturated carbocycles. The van der Waals surface area contributed by atoms with Crippen molar-refractivity contribution in [1.29, 1.82) is 0 Å². The van der Waals surface area contributed by atoms with E-state index in [-0.39, 0.29) is 11.9 Å². The Morgan fingerprint density at radius 1 is 1.00 bits per heavy atom. The van der Waals surface area contributed by atoms with Crippen molar-refractivity contribution >= 4 is 61.2 Å². The molecule has 1 amide bonds. The van der Waals surface area contributed by atoms with E-state index in [0.717, 1.165) is 53.9 Å². The number of ether oxygens (including phenoxy) is 1. The molecule has 0 saturated heterocycles. The number of carbonyl (C=O) groups is 2. The van der Waals surface area contributed by atoms with E-state index in [1.807, 2.05) is 13.8 Å². The highest BCUT2D eigenvalue weighted by molar-refractivity contribution is 7.22. The van der Waals surface area contributed by atoms with Gasteiger partial charge in [0, 0.05) is 15.0 Å². The van der Waals surface area contributed by atoms with E-state index < -0.39 is 11.9 Å². The van der Waals surface area contributed by atoms with Gasteiger partial charge in [0.05, 0.1) is 16.7 Å². The molecular weight excluding hydrogens is 505 g/mol. The summed E-state index contributed by atoms with van der Waals surface area (Å²) in [4.78, 5) is 28.0. The minimum atomic E-state index is -0.399. The smallest absolute Gasteiger partial charge is 0.341 e. The molecule has 1 aliphatic rings. The van der Waals surface area contributed by atoms with Crippen molar-refractivity contribution in [1.82, 2.24) is 0 Å². The summed E-state index contributed by atoms with van der Waals surface area (Å²) in [6, 6.07) is 4.29. The maximum atomic E-state index is 13.7. The van der Waals surface area contributed by atoms with Crippen molar-refractivity contribution in [3.05, 3.63) is 49.9 Å². The molecule has 0 radical (unpaired) electrons. The molecule has 0 spiro atoms. The number of benzene rings is 1. The van der Waals surface area contributed by atoms with E-state index in [4.69, 9.17) is 16.3 Å². The van der Waals surface area contributed by atoms with Gasteiger partial charge in [-0.3, -0.25) is 4.79 Å². The monoisotopic (exact) mass is 535 g/mol. The Kier molecular flexibility index (Phi) is 8.84. The van der Waals surface area contributed by atoms with Crippen molar-refractivity contribution in [2.24, 2.45) is 0 Å². The first-order valence-corrected chi connectivity index (χ1v) is 14.4. The minimum absolute atomic E-state index is 0.264. The van der Waals surface area contributed by atoms with Crippen LogP contribution in [0.4, 0.5) is 9.39 Å². The second-order valence-electron chi connectivity index (χ2n) is 9.33. The third kappa shape index (κ3) is 6.25. The Hall–Kier alpha value is -1.96. The van der Waals surface area contributed by atoms with Gasteiger partial charge in [-0.05, 0) is 63.3 Å². The molecule has 4 nitrogen and oxygen atoms in total. The molecule has 0 fully saturated rings. The molecule has 1 aromatic carbocycles. The number of thiophene rings is 2. The summed E-state index contributed by atoms with van der Waals surface area (Å²) < 4.78 is 19.9. The van der Waals surface area contributed by atoms with Crippen LogP contribution in [0.15, 0.2) is 18.2 Å². The molecule has 1 aliphatic carbocycles. The first kappa shape index (κ1) is 26.1. The largest absolute Gasteiger partial charge is 0.459 e. The normalized spacial score (nSPS) is 15.3. The fourth-order valence-corrected chi connectivity index (χ4v) is 7.26. The first-order valence-electron chi connectivity index (χ1n) is 12.4. The molecule has 2 heterocycles. The molecular formula is C27H31ClFNO3S2. The third-order valence-corrected chi connectivity index (χ3v) is 9.11. The summed E-state index contributed by atoms with van der Waals surface area (Å²) in [5, 5.41) is 4.41. The first-order chi connectivity index (χ1) is 16.8. The number of hydrogen-bond acceptors (Lipinski definition) is 5. The number of nitrogens with one attached hydrogen (secondary N) is 1. The fourth-order valence-electron chi connectivity index (χ4n) is 4.55. The van der Waals surface area contributed by atoms with E-state index in [9.17, 15) is 14.0 Å². The van der Waals surface area contributed by atoms with Crippen LogP contribution >= 0.6 is 34.3 Å². The van der Waals surface area contributed by atoms with E-state index >= 15 is 0 Å². The van der Waals surface area contributed by atoms with E-state index in [1.165, 1.54) is 55.6 Å². The van der Waals surface area contributed by atoms with Gasteiger partial charge >= 0.3 is 5.97 Å². The highest BCUT2D eigenvalue weighted by Gasteiger charge is 2.28. The van der Waals surface area contributed by atoms with Crippen molar-refractivity contribution in [2.45, 2.75) is 84.2 Å². The zero-order chi connectivity index (χ0) is 24.9. The molecule has 4 rings (SSSR count). The number of hydrogen-bond donors (Lipinski definition) is 1. The van der Waals surface area contributed by atoms with E-state index in [1.54, 1.807) is 6.07 Å². The van der Waals surface area contributed by atoms with Gasteiger partial charge in [-0.2, -0.15) is 0 Å². The van der Waals surface area contributed by atoms with E-state index in [0.29, 0.717) is 30.6 Å². The Morgan fingerprint density at radius 2 is 1.66 bits per heavy atom. The zero-order valence-corrected chi connectivity index (χ0v) is 22.6. The van der Waals surface area contributed by atoms with Crippen LogP contribution in [0, 0.1) is 5.82 Å². The summed E-state index contributed by atoms with van der Waals surface area (Å²) >= 11 is 9.11. The standard InChI is InChI=1S/C27H31ClFNO3S2/c1-16(2)33-27(32)22-18-11-9-7-5-3-4-6-8-10-12-20(18)35-26(22)30-25(31)24-23(28)19-14-13-17(29)15-21(19)34-24/h13-16H,3-12H2,1-2H3,(H,30,31). The summed E-state index contributed by atoms with van der Waals surface area (Å²) in [5.74, 6) is -1.17. The Morgan fingerprint density at radius 3 is 2.34 bits per heavy atom. The van der Waals surface area contributed by atoms with Gasteiger partial charge < -0.3 is 10.1 Å². The summed E-state index contributed by atoms with van der Waals surface area (Å²) in [7, 11) is 0. The number of anilines is 1. The molecule has 0 bridgehead atoms. The molecule has 3 aromatic rings. The molecule has 0 aliphatic heterocycles. The lowest BCUT2D eigenvalue weighted by molar-refractivity contribution is 0.0378. The second-order valence-corrected chi connectivity index (χ2v) is 11.9. The second kappa shape index (κ2) is 11.8. The molecule has 2 aromatic heterocycles. The summed E-state index contributed by atoms with van der Waals surface area (Å²) in [5.41, 5.74) is 1.49. The van der Waals surface area contributed by atoms with Crippen LogP contribution in [0.3, 0.4) is 0 Å². The minimum Gasteiger partial charge on any atom is -0.459 e. The fraction of sp³-hybridized carbons (Fsp3) is 0.481.